The number of H-pyrrole nitrogens is 2. The zero-order chi connectivity index (χ0) is 24.1. The first-order valence-electron chi connectivity index (χ1n) is 12.4. The summed E-state index contributed by atoms with van der Waals surface area (Å²) in [7, 11) is 2.05. The third-order valence-corrected chi connectivity index (χ3v) is 7.02. The van der Waals surface area contributed by atoms with E-state index in [2.05, 4.69) is 89.9 Å². The zero-order valence-electron chi connectivity index (χ0n) is 20.1. The molecule has 2 aliphatic heterocycles. The van der Waals surface area contributed by atoms with Crippen LogP contribution in [0.2, 0.25) is 0 Å². The molecule has 2 aliphatic rings. The summed E-state index contributed by atoms with van der Waals surface area (Å²) in [5, 5.41) is 0. The van der Waals surface area contributed by atoms with Crippen molar-refractivity contribution in [2.75, 3.05) is 36.0 Å². The minimum Gasteiger partial charge on any atom is -0.339 e. The van der Waals surface area contributed by atoms with Crippen LogP contribution in [-0.4, -0.2) is 63.4 Å². The maximum Gasteiger partial charge on any atom is 0.155 e. The van der Waals surface area contributed by atoms with Crippen LogP contribution in [0.25, 0.3) is 45.1 Å². The lowest BCUT2D eigenvalue weighted by Crippen LogP contribution is -2.26. The Labute approximate surface area is 208 Å². The van der Waals surface area contributed by atoms with Crippen molar-refractivity contribution in [2.24, 2.45) is 17.0 Å². The molecule has 2 N–H and O–H groups in total. The largest absolute Gasteiger partial charge is 0.339 e. The number of anilines is 2. The molecule has 0 aliphatic carbocycles. The van der Waals surface area contributed by atoms with Crippen LogP contribution in [0.5, 0.6) is 0 Å². The molecule has 0 fully saturated rings. The molecular formula is C27H27N9. The first-order valence-corrected chi connectivity index (χ1v) is 12.4. The lowest BCUT2D eigenvalue weighted by atomic mass is 10.2. The van der Waals surface area contributed by atoms with Gasteiger partial charge in [0.15, 0.2) is 11.6 Å². The number of fused-ring (bicyclic) bond motifs is 2. The van der Waals surface area contributed by atoms with Gasteiger partial charge in [0.05, 0.1) is 46.1 Å². The van der Waals surface area contributed by atoms with Gasteiger partial charge in [-0.15, -0.1) is 0 Å². The van der Waals surface area contributed by atoms with Gasteiger partial charge in [-0.3, -0.25) is 9.98 Å². The van der Waals surface area contributed by atoms with Gasteiger partial charge < -0.3 is 24.3 Å². The number of aromatic nitrogens is 5. The second-order valence-electron chi connectivity index (χ2n) is 9.37. The second-order valence-corrected chi connectivity index (χ2v) is 9.37. The zero-order valence-corrected chi connectivity index (χ0v) is 20.1. The van der Waals surface area contributed by atoms with E-state index in [0.717, 1.165) is 95.5 Å². The van der Waals surface area contributed by atoms with Crippen molar-refractivity contribution in [3.05, 3.63) is 48.5 Å². The number of nitrogens with one attached hydrogen (secondary N) is 2. The molecule has 36 heavy (non-hydrogen) atoms. The Balaban J connectivity index is 1.21. The highest BCUT2D eigenvalue weighted by molar-refractivity contribution is 5.89. The van der Waals surface area contributed by atoms with E-state index in [1.807, 2.05) is 12.7 Å². The van der Waals surface area contributed by atoms with Gasteiger partial charge in [0.1, 0.15) is 0 Å². The van der Waals surface area contributed by atoms with Gasteiger partial charge >= 0.3 is 0 Å². The number of nitrogens with zero attached hydrogens (tertiary/aromatic N) is 7. The lowest BCUT2D eigenvalue weighted by Gasteiger charge is -2.22. The summed E-state index contributed by atoms with van der Waals surface area (Å²) >= 11 is 0. The standard InChI is InChI=1S/C27H27N9/c1-34-24(26-30-20-6-4-18(14-22(20)32-26)35-12-2-10-28-16-35)8-9-25(34)27-31-21-7-5-19(15-23(21)33-27)36-13-3-11-29-17-36/h4-9,14-17H,2-3,10-13H2,1H3,(H,30,32)(H,31,33). The van der Waals surface area contributed by atoms with E-state index in [1.165, 1.54) is 0 Å². The van der Waals surface area contributed by atoms with Gasteiger partial charge in [0.25, 0.3) is 0 Å². The number of rotatable bonds is 4. The molecule has 0 unspecified atom stereocenters. The summed E-state index contributed by atoms with van der Waals surface area (Å²) in [6.07, 6.45) is 6.00. The summed E-state index contributed by atoms with van der Waals surface area (Å²) in [5.41, 5.74) is 8.18. The molecule has 180 valence electrons. The molecule has 0 saturated heterocycles. The average Bonchev–Trinajstić information content (AvgIpc) is 3.64. The van der Waals surface area contributed by atoms with Gasteiger partial charge in [0, 0.05) is 44.6 Å². The minimum atomic E-state index is 0.839. The van der Waals surface area contributed by atoms with Crippen molar-refractivity contribution in [1.82, 2.24) is 24.5 Å². The van der Waals surface area contributed by atoms with E-state index >= 15 is 0 Å². The van der Waals surface area contributed by atoms with Crippen molar-refractivity contribution in [3.8, 4) is 23.0 Å². The molecule has 0 atom stereocenters. The maximum atomic E-state index is 4.92. The summed E-state index contributed by atoms with van der Waals surface area (Å²) < 4.78 is 2.13. The van der Waals surface area contributed by atoms with E-state index in [1.54, 1.807) is 0 Å². The number of aromatic amines is 2. The summed E-state index contributed by atoms with van der Waals surface area (Å²) in [4.78, 5) is 30.0. The highest BCUT2D eigenvalue weighted by atomic mass is 15.2. The number of hydrogen-bond donors (Lipinski definition) is 2. The van der Waals surface area contributed by atoms with Crippen LogP contribution in [0.3, 0.4) is 0 Å². The van der Waals surface area contributed by atoms with Gasteiger partial charge in [-0.2, -0.15) is 0 Å². The van der Waals surface area contributed by atoms with E-state index in [-0.39, 0.29) is 0 Å². The van der Waals surface area contributed by atoms with Crippen LogP contribution >= 0.6 is 0 Å². The van der Waals surface area contributed by atoms with Crippen LogP contribution < -0.4 is 9.80 Å². The van der Waals surface area contributed by atoms with Crippen molar-refractivity contribution in [2.45, 2.75) is 12.8 Å². The Morgan fingerprint density at radius 1 is 0.667 bits per heavy atom. The van der Waals surface area contributed by atoms with Crippen LogP contribution in [0.1, 0.15) is 12.8 Å². The number of aliphatic imine (C=N–C) groups is 2. The molecule has 2 aromatic carbocycles. The molecule has 0 saturated carbocycles. The molecule has 0 bridgehead atoms. The maximum absolute atomic E-state index is 4.92. The Bertz CT molecular complexity index is 1510. The van der Waals surface area contributed by atoms with Crippen LogP contribution in [0.4, 0.5) is 11.4 Å². The summed E-state index contributed by atoms with van der Waals surface area (Å²) in [6, 6.07) is 16.9. The monoisotopic (exact) mass is 477 g/mol. The molecule has 5 heterocycles. The first kappa shape index (κ1) is 20.9. The molecular weight excluding hydrogens is 450 g/mol. The third kappa shape index (κ3) is 3.55. The second kappa shape index (κ2) is 8.37. The summed E-state index contributed by atoms with van der Waals surface area (Å²) in [6.45, 7) is 3.78. The van der Waals surface area contributed by atoms with Crippen LogP contribution in [-0.2, 0) is 7.05 Å². The number of benzene rings is 2. The van der Waals surface area contributed by atoms with Gasteiger partial charge in [-0.25, -0.2) is 9.97 Å². The van der Waals surface area contributed by atoms with E-state index < -0.39 is 0 Å². The Morgan fingerprint density at radius 2 is 1.17 bits per heavy atom. The average molecular weight is 478 g/mol. The van der Waals surface area contributed by atoms with Crippen LogP contribution in [0.15, 0.2) is 58.5 Å². The molecule has 7 rings (SSSR count). The highest BCUT2D eigenvalue weighted by Crippen LogP contribution is 2.30. The smallest absolute Gasteiger partial charge is 0.155 e. The van der Waals surface area contributed by atoms with Crippen LogP contribution in [0, 0.1) is 0 Å². The van der Waals surface area contributed by atoms with Crippen molar-refractivity contribution in [1.29, 1.82) is 0 Å². The van der Waals surface area contributed by atoms with Gasteiger partial charge in [0.2, 0.25) is 0 Å². The van der Waals surface area contributed by atoms with E-state index in [4.69, 9.17) is 9.97 Å². The SMILES string of the molecule is Cn1c(-c2nc3cc(N4C=NCCC4)ccc3[nH]2)ccc1-c1nc2cc(N3C=NCCC3)ccc2[nH]1. The van der Waals surface area contributed by atoms with Gasteiger partial charge in [-0.1, -0.05) is 0 Å². The van der Waals surface area contributed by atoms with E-state index in [9.17, 15) is 0 Å². The fraction of sp³-hybridized carbons (Fsp3) is 0.259. The molecule has 3 aromatic heterocycles. The highest BCUT2D eigenvalue weighted by Gasteiger charge is 2.17. The van der Waals surface area contributed by atoms with Crippen molar-refractivity contribution < 1.29 is 0 Å². The predicted molar refractivity (Wildman–Crippen MR) is 146 cm³/mol. The van der Waals surface area contributed by atoms with Gasteiger partial charge in [-0.05, 0) is 61.4 Å². The quantitative estimate of drug-likeness (QED) is 0.396. The number of hydrogen-bond acceptors (Lipinski definition) is 6. The number of imidazole rings is 2. The molecule has 0 radical (unpaired) electrons. The predicted octanol–water partition coefficient (Wildman–Crippen LogP) is 4.59. The molecule has 0 amide bonds. The molecule has 5 aromatic rings. The third-order valence-electron chi connectivity index (χ3n) is 7.02. The Hall–Kier alpha value is -4.40. The van der Waals surface area contributed by atoms with Crippen molar-refractivity contribution in [3.63, 3.8) is 0 Å². The fourth-order valence-corrected chi connectivity index (χ4v) is 5.06. The Morgan fingerprint density at radius 3 is 1.61 bits per heavy atom. The minimum absolute atomic E-state index is 0.839. The first-order chi connectivity index (χ1) is 17.7. The molecule has 9 nitrogen and oxygen atoms in total. The lowest BCUT2D eigenvalue weighted by molar-refractivity contribution is 0.802. The van der Waals surface area contributed by atoms with Crippen molar-refractivity contribution >= 4 is 46.1 Å². The summed E-state index contributed by atoms with van der Waals surface area (Å²) in [5.74, 6) is 1.68. The normalized spacial score (nSPS) is 16.0. The fourth-order valence-electron chi connectivity index (χ4n) is 5.06. The molecule has 9 heteroatoms. The van der Waals surface area contributed by atoms with E-state index in [0.29, 0.717) is 0 Å². The molecule has 0 spiro atoms. The Kier molecular flexibility index (Phi) is 4.87. The topological polar surface area (TPSA) is 93.5 Å².